The summed E-state index contributed by atoms with van der Waals surface area (Å²) in [6.45, 7) is 7.27. The van der Waals surface area contributed by atoms with E-state index in [1.54, 1.807) is 20.8 Å². The van der Waals surface area contributed by atoms with E-state index < -0.39 is 34.8 Å². The average molecular weight is 625 g/mol. The summed E-state index contributed by atoms with van der Waals surface area (Å²) in [4.78, 5) is 42.9. The lowest BCUT2D eigenvalue weighted by Crippen LogP contribution is -2.52. The van der Waals surface area contributed by atoms with E-state index in [-0.39, 0.29) is 26.1 Å². The van der Waals surface area contributed by atoms with Gasteiger partial charge >= 0.3 is 17.9 Å². The van der Waals surface area contributed by atoms with Gasteiger partial charge in [0.05, 0.1) is 5.92 Å². The highest BCUT2D eigenvalue weighted by atomic mass is 16.6. The maximum atomic E-state index is 14.4. The first kappa shape index (κ1) is 36.1. The van der Waals surface area contributed by atoms with Gasteiger partial charge in [-0.05, 0) is 56.7 Å². The van der Waals surface area contributed by atoms with Crippen LogP contribution in [0, 0.1) is 23.2 Å². The molecule has 2 atom stereocenters. The van der Waals surface area contributed by atoms with Crippen LogP contribution < -0.4 is 0 Å². The SMILES string of the molecule is CCCCCCC#CCC(C(=O)OCc1ccccc1)(C(=O)OC(C)(C)C)[C@H](CCc1ccccc1)C(=O)OCc1ccccc1. The summed E-state index contributed by atoms with van der Waals surface area (Å²) in [5.74, 6) is 2.67. The fraction of sp³-hybridized carbons (Fsp3) is 0.425. The molecule has 1 unspecified atom stereocenters. The van der Waals surface area contributed by atoms with E-state index in [4.69, 9.17) is 14.2 Å². The van der Waals surface area contributed by atoms with E-state index in [1.807, 2.05) is 91.0 Å². The number of carbonyl (C=O) groups excluding carboxylic acids is 3. The first-order valence-electron chi connectivity index (χ1n) is 16.3. The lowest BCUT2D eigenvalue weighted by atomic mass is 9.70. The first-order chi connectivity index (χ1) is 22.2. The zero-order chi connectivity index (χ0) is 33.3. The zero-order valence-electron chi connectivity index (χ0n) is 27.8. The van der Waals surface area contributed by atoms with Gasteiger partial charge in [0.2, 0.25) is 0 Å². The number of esters is 3. The maximum Gasteiger partial charge on any atom is 0.325 e. The second-order valence-electron chi connectivity index (χ2n) is 12.5. The smallest absolute Gasteiger partial charge is 0.325 e. The minimum Gasteiger partial charge on any atom is -0.461 e. The molecular weight excluding hydrogens is 576 g/mol. The van der Waals surface area contributed by atoms with Gasteiger partial charge < -0.3 is 14.2 Å². The highest BCUT2D eigenvalue weighted by Crippen LogP contribution is 2.40. The van der Waals surface area contributed by atoms with Crippen molar-refractivity contribution in [3.63, 3.8) is 0 Å². The summed E-state index contributed by atoms with van der Waals surface area (Å²) < 4.78 is 17.6. The number of hydrogen-bond acceptors (Lipinski definition) is 6. The molecule has 0 aliphatic heterocycles. The Morgan fingerprint density at radius 1 is 0.674 bits per heavy atom. The number of benzene rings is 3. The van der Waals surface area contributed by atoms with Crippen molar-refractivity contribution in [3.05, 3.63) is 108 Å². The van der Waals surface area contributed by atoms with Crippen LogP contribution in [-0.4, -0.2) is 23.5 Å². The highest BCUT2D eigenvalue weighted by Gasteiger charge is 2.58. The molecule has 6 heteroatoms. The van der Waals surface area contributed by atoms with Gasteiger partial charge in [-0.2, -0.15) is 0 Å². The Bertz CT molecular complexity index is 1420. The summed E-state index contributed by atoms with van der Waals surface area (Å²) in [5.41, 5.74) is -0.488. The van der Waals surface area contributed by atoms with Crippen molar-refractivity contribution in [2.24, 2.45) is 11.3 Å². The van der Waals surface area contributed by atoms with Crippen LogP contribution in [0.2, 0.25) is 0 Å². The molecule has 0 spiro atoms. The highest BCUT2D eigenvalue weighted by molar-refractivity contribution is 6.04. The molecule has 0 fully saturated rings. The van der Waals surface area contributed by atoms with E-state index in [9.17, 15) is 14.4 Å². The summed E-state index contributed by atoms with van der Waals surface area (Å²) in [6, 6.07) is 28.2. The molecule has 244 valence electrons. The molecule has 0 bridgehead atoms. The zero-order valence-corrected chi connectivity index (χ0v) is 27.8. The van der Waals surface area contributed by atoms with Crippen LogP contribution in [0.4, 0.5) is 0 Å². The minimum absolute atomic E-state index is 0.00587. The molecule has 3 aromatic carbocycles. The molecule has 0 aromatic heterocycles. The van der Waals surface area contributed by atoms with E-state index >= 15 is 0 Å². The van der Waals surface area contributed by atoms with Crippen LogP contribution in [0.1, 0.15) is 89.3 Å². The van der Waals surface area contributed by atoms with Crippen molar-refractivity contribution in [1.29, 1.82) is 0 Å². The van der Waals surface area contributed by atoms with Gasteiger partial charge in [-0.3, -0.25) is 14.4 Å². The van der Waals surface area contributed by atoms with Crippen molar-refractivity contribution in [3.8, 4) is 11.8 Å². The van der Waals surface area contributed by atoms with E-state index in [0.717, 1.165) is 42.4 Å². The summed E-state index contributed by atoms with van der Waals surface area (Å²) in [6.07, 6.45) is 5.14. The van der Waals surface area contributed by atoms with Gasteiger partial charge in [-0.25, -0.2) is 0 Å². The standard InChI is InChI=1S/C40H48O6/c1-5-6-7-8-9-10-20-29-40(38(43)46-39(2,3)4,37(42)45-31-34-25-18-13-19-26-34)35(28-27-32-21-14-11-15-22-32)36(41)44-30-33-23-16-12-17-24-33/h11-19,21-26,35H,5-9,27-31H2,1-4H3/t35-,40?/m1/s1. The van der Waals surface area contributed by atoms with Crippen molar-refractivity contribution in [1.82, 2.24) is 0 Å². The molecule has 6 nitrogen and oxygen atoms in total. The molecule has 0 radical (unpaired) electrons. The molecule has 0 saturated heterocycles. The second-order valence-corrected chi connectivity index (χ2v) is 12.5. The third-order valence-corrected chi connectivity index (χ3v) is 7.66. The Kier molecular flexibility index (Phi) is 14.6. The molecule has 0 aliphatic carbocycles. The summed E-state index contributed by atoms with van der Waals surface area (Å²) >= 11 is 0. The Balaban J connectivity index is 2.07. The van der Waals surface area contributed by atoms with Crippen LogP contribution in [0.25, 0.3) is 0 Å². The fourth-order valence-electron chi connectivity index (χ4n) is 5.14. The maximum absolute atomic E-state index is 14.4. The largest absolute Gasteiger partial charge is 0.461 e. The average Bonchev–Trinajstić information content (AvgIpc) is 3.05. The lowest BCUT2D eigenvalue weighted by Gasteiger charge is -2.36. The lowest BCUT2D eigenvalue weighted by molar-refractivity contribution is -0.191. The Hall–Kier alpha value is -4.37. The number of unbranched alkanes of at least 4 members (excludes halogenated alkanes) is 4. The van der Waals surface area contributed by atoms with Crippen molar-refractivity contribution in [2.45, 2.75) is 97.9 Å². The van der Waals surface area contributed by atoms with Crippen LogP contribution in [0.15, 0.2) is 91.0 Å². The molecule has 0 aliphatic rings. The van der Waals surface area contributed by atoms with Crippen LogP contribution in [0.5, 0.6) is 0 Å². The molecule has 46 heavy (non-hydrogen) atoms. The summed E-state index contributed by atoms with van der Waals surface area (Å²) in [5, 5.41) is 0. The first-order valence-corrected chi connectivity index (χ1v) is 16.3. The predicted octanol–water partition coefficient (Wildman–Crippen LogP) is 8.41. The molecular formula is C40H48O6. The van der Waals surface area contributed by atoms with Gasteiger partial charge in [0.1, 0.15) is 18.8 Å². The topological polar surface area (TPSA) is 78.9 Å². The summed E-state index contributed by atoms with van der Waals surface area (Å²) in [7, 11) is 0. The van der Waals surface area contributed by atoms with Crippen molar-refractivity contribution < 1.29 is 28.6 Å². The van der Waals surface area contributed by atoms with Gasteiger partial charge in [0, 0.05) is 12.8 Å². The van der Waals surface area contributed by atoms with Crippen LogP contribution in [-0.2, 0) is 48.2 Å². The number of carbonyl (C=O) groups is 3. The van der Waals surface area contributed by atoms with Gasteiger partial charge in [0.15, 0.2) is 5.41 Å². The third kappa shape index (κ3) is 11.5. The van der Waals surface area contributed by atoms with Gasteiger partial charge in [-0.15, -0.1) is 11.8 Å². The van der Waals surface area contributed by atoms with Gasteiger partial charge in [0.25, 0.3) is 0 Å². The quantitative estimate of drug-likeness (QED) is 0.0524. The van der Waals surface area contributed by atoms with Gasteiger partial charge in [-0.1, -0.05) is 117 Å². The molecule has 0 amide bonds. The van der Waals surface area contributed by atoms with E-state index in [0.29, 0.717) is 12.8 Å². The molecule has 3 rings (SSSR count). The number of aryl methyl sites for hydroxylation is 1. The van der Waals surface area contributed by atoms with E-state index in [1.165, 1.54) is 0 Å². The normalized spacial score (nSPS) is 13.0. The van der Waals surface area contributed by atoms with Crippen molar-refractivity contribution >= 4 is 17.9 Å². The molecule has 0 N–H and O–H groups in total. The van der Waals surface area contributed by atoms with Crippen LogP contribution in [0.3, 0.4) is 0 Å². The number of rotatable bonds is 16. The Morgan fingerprint density at radius 3 is 1.76 bits per heavy atom. The van der Waals surface area contributed by atoms with Crippen molar-refractivity contribution in [2.75, 3.05) is 0 Å². The molecule has 0 heterocycles. The molecule has 0 saturated carbocycles. The van der Waals surface area contributed by atoms with E-state index in [2.05, 4.69) is 18.8 Å². The Labute approximate surface area is 274 Å². The van der Waals surface area contributed by atoms with Crippen LogP contribution >= 0.6 is 0 Å². The predicted molar refractivity (Wildman–Crippen MR) is 180 cm³/mol. The number of hydrogen-bond donors (Lipinski definition) is 0. The third-order valence-electron chi connectivity index (χ3n) is 7.66. The number of ether oxygens (including phenoxy) is 3. The second kappa shape index (κ2) is 18.6. The minimum atomic E-state index is -2.05. The monoisotopic (exact) mass is 624 g/mol. The Morgan fingerprint density at radius 2 is 1.22 bits per heavy atom. The fourth-order valence-corrected chi connectivity index (χ4v) is 5.14. The molecule has 3 aromatic rings.